The Bertz CT molecular complexity index is 797. The zero-order valence-electron chi connectivity index (χ0n) is 13.7. The van der Waals surface area contributed by atoms with Crippen LogP contribution in [-0.2, 0) is 0 Å². The lowest BCUT2D eigenvalue weighted by Crippen LogP contribution is -2.39. The summed E-state index contributed by atoms with van der Waals surface area (Å²) in [7, 11) is 0. The number of anilines is 1. The van der Waals surface area contributed by atoms with Crippen molar-refractivity contribution in [3.05, 3.63) is 101 Å². The fraction of sp³-hybridized carbons (Fsp3) is 0.0952. The molecule has 0 aliphatic carbocycles. The Morgan fingerprint density at radius 3 is 1.80 bits per heavy atom. The predicted molar refractivity (Wildman–Crippen MR) is 103 cm³/mol. The summed E-state index contributed by atoms with van der Waals surface area (Å²) in [5, 5.41) is 0.501. The lowest BCUT2D eigenvalue weighted by Gasteiger charge is -2.27. The molecule has 0 aromatic heterocycles. The zero-order chi connectivity index (χ0) is 17.6. The monoisotopic (exact) mass is 350 g/mol. The van der Waals surface area contributed by atoms with Crippen LogP contribution in [0.2, 0.25) is 5.02 Å². The van der Waals surface area contributed by atoms with Crippen molar-refractivity contribution in [2.45, 2.75) is 5.92 Å². The van der Waals surface area contributed by atoms with Crippen molar-refractivity contribution in [3.8, 4) is 0 Å². The van der Waals surface area contributed by atoms with Crippen LogP contribution >= 0.6 is 11.6 Å². The van der Waals surface area contributed by atoms with Gasteiger partial charge in [0, 0.05) is 12.5 Å². The summed E-state index contributed by atoms with van der Waals surface area (Å²) >= 11 is 6.29. The molecule has 2 N–H and O–H groups in total. The standard InChI is InChI=1S/C21H19ClN2O/c22-19-13-7-8-14-20(19)24(21(23)25)15-18(16-9-3-1-4-10-16)17-11-5-2-6-12-17/h1-14,18H,15H2,(H2,23,25). The molecule has 3 nitrogen and oxygen atoms in total. The Morgan fingerprint density at radius 1 is 0.840 bits per heavy atom. The Balaban J connectivity index is 2.01. The number of para-hydroxylation sites is 1. The van der Waals surface area contributed by atoms with Gasteiger partial charge in [0.15, 0.2) is 0 Å². The second-order valence-corrected chi connectivity index (χ2v) is 6.18. The third-order valence-corrected chi connectivity index (χ3v) is 4.50. The molecule has 0 fully saturated rings. The molecule has 25 heavy (non-hydrogen) atoms. The first-order valence-corrected chi connectivity index (χ1v) is 8.46. The smallest absolute Gasteiger partial charge is 0.319 e. The number of hydrogen-bond acceptors (Lipinski definition) is 1. The Hall–Kier alpha value is -2.78. The summed E-state index contributed by atoms with van der Waals surface area (Å²) in [4.78, 5) is 13.7. The molecule has 0 bridgehead atoms. The van der Waals surface area contributed by atoms with E-state index < -0.39 is 6.03 Å². The minimum atomic E-state index is -0.523. The molecule has 0 saturated carbocycles. The van der Waals surface area contributed by atoms with Crippen LogP contribution in [0, 0.1) is 0 Å². The second kappa shape index (κ2) is 7.86. The van der Waals surface area contributed by atoms with Crippen LogP contribution in [0.1, 0.15) is 17.0 Å². The molecule has 0 spiro atoms. The zero-order valence-corrected chi connectivity index (χ0v) is 14.4. The first-order chi connectivity index (χ1) is 12.2. The molecule has 3 rings (SSSR count). The molecule has 126 valence electrons. The van der Waals surface area contributed by atoms with Gasteiger partial charge >= 0.3 is 6.03 Å². The molecule has 0 saturated heterocycles. The molecule has 0 aliphatic rings. The van der Waals surface area contributed by atoms with Gasteiger partial charge in [-0.15, -0.1) is 0 Å². The maximum absolute atomic E-state index is 12.1. The Morgan fingerprint density at radius 2 is 1.32 bits per heavy atom. The number of urea groups is 1. The van der Waals surface area contributed by atoms with Crippen LogP contribution in [0.25, 0.3) is 0 Å². The Labute approximate surface area is 152 Å². The van der Waals surface area contributed by atoms with E-state index in [9.17, 15) is 4.79 Å². The topological polar surface area (TPSA) is 46.3 Å². The predicted octanol–water partition coefficient (Wildman–Crippen LogP) is 5.06. The minimum absolute atomic E-state index is 0.00817. The SMILES string of the molecule is NC(=O)N(CC(c1ccccc1)c1ccccc1)c1ccccc1Cl. The van der Waals surface area contributed by atoms with Crippen molar-refractivity contribution >= 4 is 23.3 Å². The highest BCUT2D eigenvalue weighted by atomic mass is 35.5. The van der Waals surface area contributed by atoms with E-state index in [4.69, 9.17) is 17.3 Å². The number of benzene rings is 3. The van der Waals surface area contributed by atoms with Crippen molar-refractivity contribution in [3.63, 3.8) is 0 Å². The van der Waals surface area contributed by atoms with E-state index in [1.54, 1.807) is 12.1 Å². The molecule has 0 atom stereocenters. The lowest BCUT2D eigenvalue weighted by atomic mass is 9.90. The first-order valence-electron chi connectivity index (χ1n) is 8.08. The molecule has 0 radical (unpaired) electrons. The molecule has 3 aromatic rings. The van der Waals surface area contributed by atoms with Crippen LogP contribution in [0.5, 0.6) is 0 Å². The van der Waals surface area contributed by atoms with Crippen molar-refractivity contribution < 1.29 is 4.79 Å². The van der Waals surface area contributed by atoms with Crippen molar-refractivity contribution in [2.24, 2.45) is 5.73 Å². The number of nitrogens with zero attached hydrogens (tertiary/aromatic N) is 1. The fourth-order valence-corrected chi connectivity index (χ4v) is 3.17. The number of primary amides is 1. The molecule has 0 unspecified atom stereocenters. The highest BCUT2D eigenvalue weighted by Crippen LogP contribution is 2.31. The van der Waals surface area contributed by atoms with E-state index >= 15 is 0 Å². The van der Waals surface area contributed by atoms with Gasteiger partial charge in [0.25, 0.3) is 0 Å². The second-order valence-electron chi connectivity index (χ2n) is 5.77. The average molecular weight is 351 g/mol. The van der Waals surface area contributed by atoms with Gasteiger partial charge in [0.2, 0.25) is 0 Å². The number of halogens is 1. The molecular formula is C21H19ClN2O. The lowest BCUT2D eigenvalue weighted by molar-refractivity contribution is 0.253. The highest BCUT2D eigenvalue weighted by molar-refractivity contribution is 6.33. The number of rotatable bonds is 5. The number of hydrogen-bond donors (Lipinski definition) is 1. The van der Waals surface area contributed by atoms with Gasteiger partial charge in [-0.3, -0.25) is 4.90 Å². The van der Waals surface area contributed by atoms with Crippen LogP contribution < -0.4 is 10.6 Å². The third-order valence-electron chi connectivity index (χ3n) is 4.18. The van der Waals surface area contributed by atoms with E-state index in [2.05, 4.69) is 24.3 Å². The molecule has 0 heterocycles. The van der Waals surface area contributed by atoms with Gasteiger partial charge in [-0.05, 0) is 23.3 Å². The van der Waals surface area contributed by atoms with E-state index in [0.717, 1.165) is 11.1 Å². The fourth-order valence-electron chi connectivity index (χ4n) is 2.93. The molecule has 2 amide bonds. The number of amides is 2. The highest BCUT2D eigenvalue weighted by Gasteiger charge is 2.23. The maximum Gasteiger partial charge on any atom is 0.319 e. The quantitative estimate of drug-likeness (QED) is 0.687. The summed E-state index contributed by atoms with van der Waals surface area (Å²) in [5.41, 5.74) is 8.52. The van der Waals surface area contributed by atoms with E-state index in [0.29, 0.717) is 17.3 Å². The number of carbonyl (C=O) groups excluding carboxylic acids is 1. The summed E-state index contributed by atoms with van der Waals surface area (Å²) < 4.78 is 0. The van der Waals surface area contributed by atoms with Gasteiger partial charge < -0.3 is 5.73 Å². The normalized spacial score (nSPS) is 10.6. The van der Waals surface area contributed by atoms with Crippen molar-refractivity contribution in [1.29, 1.82) is 0 Å². The van der Waals surface area contributed by atoms with Crippen LogP contribution in [0.4, 0.5) is 10.5 Å². The average Bonchev–Trinajstić information content (AvgIpc) is 2.65. The van der Waals surface area contributed by atoms with Gasteiger partial charge in [-0.2, -0.15) is 0 Å². The molecular weight excluding hydrogens is 332 g/mol. The summed E-state index contributed by atoms with van der Waals surface area (Å²) in [6.45, 7) is 0.410. The summed E-state index contributed by atoms with van der Waals surface area (Å²) in [5.74, 6) is -0.00817. The largest absolute Gasteiger partial charge is 0.351 e. The molecule has 4 heteroatoms. The Kier molecular flexibility index (Phi) is 5.36. The maximum atomic E-state index is 12.1. The van der Waals surface area contributed by atoms with Gasteiger partial charge in [-0.25, -0.2) is 4.79 Å². The van der Waals surface area contributed by atoms with Crippen LogP contribution in [0.15, 0.2) is 84.9 Å². The summed E-state index contributed by atoms with van der Waals surface area (Å²) in [6.07, 6.45) is 0. The van der Waals surface area contributed by atoms with E-state index in [1.165, 1.54) is 4.90 Å². The minimum Gasteiger partial charge on any atom is -0.351 e. The summed E-state index contributed by atoms with van der Waals surface area (Å²) in [6, 6.07) is 26.9. The van der Waals surface area contributed by atoms with E-state index in [1.807, 2.05) is 48.5 Å². The third kappa shape index (κ3) is 4.01. The molecule has 0 aliphatic heterocycles. The van der Waals surface area contributed by atoms with Crippen LogP contribution in [0.3, 0.4) is 0 Å². The number of carbonyl (C=O) groups is 1. The van der Waals surface area contributed by atoms with Gasteiger partial charge in [-0.1, -0.05) is 84.4 Å². The van der Waals surface area contributed by atoms with Crippen molar-refractivity contribution in [2.75, 3.05) is 11.4 Å². The number of nitrogens with two attached hydrogens (primary N) is 1. The molecule has 3 aromatic carbocycles. The van der Waals surface area contributed by atoms with Gasteiger partial charge in [0.05, 0.1) is 10.7 Å². The van der Waals surface area contributed by atoms with Gasteiger partial charge in [0.1, 0.15) is 0 Å². The van der Waals surface area contributed by atoms with Crippen molar-refractivity contribution in [1.82, 2.24) is 0 Å². The first kappa shape index (κ1) is 17.1. The van der Waals surface area contributed by atoms with Crippen LogP contribution in [-0.4, -0.2) is 12.6 Å². The van der Waals surface area contributed by atoms with E-state index in [-0.39, 0.29) is 5.92 Å².